The maximum absolute atomic E-state index is 12.7. The van der Waals surface area contributed by atoms with Crippen molar-refractivity contribution in [2.24, 2.45) is 0 Å². The van der Waals surface area contributed by atoms with Crippen LogP contribution in [0.1, 0.15) is 19.4 Å². The van der Waals surface area contributed by atoms with Gasteiger partial charge in [-0.05, 0) is 23.3 Å². The standard InChI is InChI=1S/C19H22N2O4/c1-13(19(24)25)21(11-10-20-14(2)22)18(23)12-16-8-5-7-15-6-3-4-9-17(15)16/h3-9,13H,10-12H2,1-2H3,(H,20,22)(H,24,25). The Bertz CT molecular complexity index is 783. The lowest BCUT2D eigenvalue weighted by molar-refractivity contribution is -0.149. The Kier molecular flexibility index (Phi) is 6.11. The van der Waals surface area contributed by atoms with Gasteiger partial charge in [-0.25, -0.2) is 4.79 Å². The highest BCUT2D eigenvalue weighted by Gasteiger charge is 2.25. The molecule has 6 nitrogen and oxygen atoms in total. The molecule has 0 aromatic heterocycles. The van der Waals surface area contributed by atoms with Crippen LogP contribution in [0.5, 0.6) is 0 Å². The molecule has 1 atom stereocenters. The maximum atomic E-state index is 12.7. The summed E-state index contributed by atoms with van der Waals surface area (Å²) in [7, 11) is 0. The lowest BCUT2D eigenvalue weighted by Gasteiger charge is -2.27. The number of amides is 2. The van der Waals surface area contributed by atoms with Gasteiger partial charge in [-0.1, -0.05) is 42.5 Å². The Morgan fingerprint density at radius 2 is 1.80 bits per heavy atom. The van der Waals surface area contributed by atoms with Gasteiger partial charge in [-0.3, -0.25) is 9.59 Å². The zero-order valence-corrected chi connectivity index (χ0v) is 14.4. The number of carboxylic acid groups (broad SMARTS) is 1. The molecule has 6 heteroatoms. The molecule has 0 bridgehead atoms. The van der Waals surface area contributed by atoms with E-state index in [1.54, 1.807) is 0 Å². The summed E-state index contributed by atoms with van der Waals surface area (Å²) < 4.78 is 0. The van der Waals surface area contributed by atoms with Gasteiger partial charge < -0.3 is 15.3 Å². The van der Waals surface area contributed by atoms with Crippen molar-refractivity contribution in [3.8, 4) is 0 Å². The van der Waals surface area contributed by atoms with Crippen molar-refractivity contribution in [2.45, 2.75) is 26.3 Å². The predicted molar refractivity (Wildman–Crippen MR) is 95.1 cm³/mol. The van der Waals surface area contributed by atoms with Crippen LogP contribution in [0.15, 0.2) is 42.5 Å². The quantitative estimate of drug-likeness (QED) is 0.803. The second-order valence-electron chi connectivity index (χ2n) is 5.90. The first-order chi connectivity index (χ1) is 11.9. The predicted octanol–water partition coefficient (Wildman–Crippen LogP) is 1.82. The number of nitrogens with zero attached hydrogens (tertiary/aromatic N) is 1. The minimum Gasteiger partial charge on any atom is -0.480 e. The summed E-state index contributed by atoms with van der Waals surface area (Å²) in [5, 5.41) is 13.9. The van der Waals surface area contributed by atoms with E-state index in [4.69, 9.17) is 0 Å². The van der Waals surface area contributed by atoms with Crippen LogP contribution in [-0.4, -0.2) is 46.9 Å². The largest absolute Gasteiger partial charge is 0.480 e. The molecule has 2 amide bonds. The molecule has 0 radical (unpaired) electrons. The van der Waals surface area contributed by atoms with Gasteiger partial charge in [0.15, 0.2) is 0 Å². The zero-order valence-electron chi connectivity index (χ0n) is 14.4. The molecular weight excluding hydrogens is 320 g/mol. The third-order valence-corrected chi connectivity index (χ3v) is 4.09. The highest BCUT2D eigenvalue weighted by atomic mass is 16.4. The molecule has 0 aliphatic heterocycles. The van der Waals surface area contributed by atoms with E-state index in [2.05, 4.69) is 5.32 Å². The molecule has 0 heterocycles. The normalized spacial score (nSPS) is 11.8. The molecule has 0 saturated heterocycles. The molecular formula is C19H22N2O4. The first kappa shape index (κ1) is 18.4. The Morgan fingerprint density at radius 1 is 1.12 bits per heavy atom. The second-order valence-corrected chi connectivity index (χ2v) is 5.90. The molecule has 0 spiro atoms. The second kappa shape index (κ2) is 8.28. The highest BCUT2D eigenvalue weighted by Crippen LogP contribution is 2.19. The summed E-state index contributed by atoms with van der Waals surface area (Å²) in [5.74, 6) is -1.57. The van der Waals surface area contributed by atoms with E-state index in [1.165, 1.54) is 18.7 Å². The van der Waals surface area contributed by atoms with E-state index < -0.39 is 12.0 Å². The minimum absolute atomic E-state index is 0.110. The molecule has 25 heavy (non-hydrogen) atoms. The molecule has 132 valence electrons. The molecule has 0 aliphatic rings. The monoisotopic (exact) mass is 342 g/mol. The fourth-order valence-corrected chi connectivity index (χ4v) is 2.73. The van der Waals surface area contributed by atoms with E-state index in [9.17, 15) is 19.5 Å². The number of carbonyl (C=O) groups is 3. The van der Waals surface area contributed by atoms with Crippen LogP contribution in [0.3, 0.4) is 0 Å². The molecule has 2 aromatic carbocycles. The summed E-state index contributed by atoms with van der Waals surface area (Å²) in [6, 6.07) is 12.5. The van der Waals surface area contributed by atoms with Crippen LogP contribution in [0.2, 0.25) is 0 Å². The fourth-order valence-electron chi connectivity index (χ4n) is 2.73. The molecule has 2 aromatic rings. The van der Waals surface area contributed by atoms with Crippen molar-refractivity contribution in [1.82, 2.24) is 10.2 Å². The van der Waals surface area contributed by atoms with Crippen LogP contribution >= 0.6 is 0 Å². The number of rotatable bonds is 7. The Balaban J connectivity index is 2.20. The average Bonchev–Trinajstić information content (AvgIpc) is 2.58. The van der Waals surface area contributed by atoms with Crippen molar-refractivity contribution < 1.29 is 19.5 Å². The summed E-state index contributed by atoms with van der Waals surface area (Å²) in [4.78, 5) is 36.4. The molecule has 0 saturated carbocycles. The van der Waals surface area contributed by atoms with Crippen molar-refractivity contribution >= 4 is 28.6 Å². The van der Waals surface area contributed by atoms with Crippen LogP contribution in [-0.2, 0) is 20.8 Å². The molecule has 2 N–H and O–H groups in total. The van der Waals surface area contributed by atoms with Crippen molar-refractivity contribution in [2.75, 3.05) is 13.1 Å². The van der Waals surface area contributed by atoms with E-state index in [1.807, 2.05) is 42.5 Å². The number of hydrogen-bond donors (Lipinski definition) is 2. The number of carboxylic acids is 1. The molecule has 2 rings (SSSR count). The lowest BCUT2D eigenvalue weighted by Crippen LogP contribution is -2.47. The molecule has 0 aliphatic carbocycles. The van der Waals surface area contributed by atoms with Gasteiger partial charge in [0.2, 0.25) is 11.8 Å². The third-order valence-electron chi connectivity index (χ3n) is 4.09. The number of hydrogen-bond acceptors (Lipinski definition) is 3. The number of nitrogens with one attached hydrogen (secondary N) is 1. The van der Waals surface area contributed by atoms with Gasteiger partial charge >= 0.3 is 5.97 Å². The van der Waals surface area contributed by atoms with E-state index in [0.717, 1.165) is 16.3 Å². The first-order valence-corrected chi connectivity index (χ1v) is 8.13. The maximum Gasteiger partial charge on any atom is 0.326 e. The van der Waals surface area contributed by atoms with Crippen LogP contribution in [0, 0.1) is 0 Å². The van der Waals surface area contributed by atoms with Crippen LogP contribution in [0.25, 0.3) is 10.8 Å². The van der Waals surface area contributed by atoms with Gasteiger partial charge in [0.1, 0.15) is 6.04 Å². The van der Waals surface area contributed by atoms with E-state index in [-0.39, 0.29) is 31.3 Å². The van der Waals surface area contributed by atoms with Crippen molar-refractivity contribution in [1.29, 1.82) is 0 Å². The third kappa shape index (κ3) is 4.79. The summed E-state index contributed by atoms with van der Waals surface area (Å²) in [5.41, 5.74) is 0.852. The Labute approximate surface area is 146 Å². The minimum atomic E-state index is -1.07. The summed E-state index contributed by atoms with van der Waals surface area (Å²) in [6.07, 6.45) is 0.110. The molecule has 1 unspecified atom stereocenters. The number of benzene rings is 2. The smallest absolute Gasteiger partial charge is 0.326 e. The number of aliphatic carboxylic acids is 1. The van der Waals surface area contributed by atoms with Gasteiger partial charge in [-0.2, -0.15) is 0 Å². The SMILES string of the molecule is CC(=O)NCCN(C(=O)Cc1cccc2ccccc12)C(C)C(=O)O. The Morgan fingerprint density at radius 3 is 2.48 bits per heavy atom. The Hall–Kier alpha value is -2.89. The van der Waals surface area contributed by atoms with Crippen molar-refractivity contribution in [3.05, 3.63) is 48.0 Å². The van der Waals surface area contributed by atoms with Crippen LogP contribution in [0.4, 0.5) is 0 Å². The van der Waals surface area contributed by atoms with Gasteiger partial charge in [0.25, 0.3) is 0 Å². The van der Waals surface area contributed by atoms with Gasteiger partial charge in [-0.15, -0.1) is 0 Å². The lowest BCUT2D eigenvalue weighted by atomic mass is 10.0. The fraction of sp³-hybridized carbons (Fsp3) is 0.316. The summed E-state index contributed by atoms with van der Waals surface area (Å²) in [6.45, 7) is 3.21. The number of carbonyl (C=O) groups excluding carboxylic acids is 2. The van der Waals surface area contributed by atoms with E-state index in [0.29, 0.717) is 0 Å². The topological polar surface area (TPSA) is 86.7 Å². The molecule has 0 fully saturated rings. The average molecular weight is 342 g/mol. The first-order valence-electron chi connectivity index (χ1n) is 8.13. The highest BCUT2D eigenvalue weighted by molar-refractivity contribution is 5.91. The number of fused-ring (bicyclic) bond motifs is 1. The van der Waals surface area contributed by atoms with Gasteiger partial charge in [0.05, 0.1) is 6.42 Å². The zero-order chi connectivity index (χ0) is 18.4. The van der Waals surface area contributed by atoms with Gasteiger partial charge in [0, 0.05) is 20.0 Å². The van der Waals surface area contributed by atoms with Crippen LogP contribution < -0.4 is 5.32 Å². The summed E-state index contributed by atoms with van der Waals surface area (Å²) >= 11 is 0. The van der Waals surface area contributed by atoms with Crippen molar-refractivity contribution in [3.63, 3.8) is 0 Å². The van der Waals surface area contributed by atoms with E-state index >= 15 is 0 Å².